The van der Waals surface area contributed by atoms with Crippen LogP contribution in [0.2, 0.25) is 0 Å². The van der Waals surface area contributed by atoms with Gasteiger partial charge in [-0.05, 0) is 6.07 Å². The lowest BCUT2D eigenvalue weighted by atomic mass is 10.1. The molecule has 0 aromatic carbocycles. The Kier molecular flexibility index (Phi) is 2.03. The third-order valence-electron chi connectivity index (χ3n) is 2.71. The van der Waals surface area contributed by atoms with Crippen molar-refractivity contribution < 1.29 is 4.42 Å². The summed E-state index contributed by atoms with van der Waals surface area (Å²) in [4.78, 5) is 6.42. The van der Waals surface area contributed by atoms with Gasteiger partial charge in [0.2, 0.25) is 0 Å². The molecule has 0 N–H and O–H groups in total. The third-order valence-corrected chi connectivity index (χ3v) is 2.71. The van der Waals surface area contributed by atoms with E-state index in [0.29, 0.717) is 6.04 Å². The van der Waals surface area contributed by atoms with Crippen LogP contribution in [0.15, 0.2) is 35.5 Å². The maximum absolute atomic E-state index is 4.93. The molecule has 1 saturated heterocycles. The zero-order valence-electron chi connectivity index (χ0n) is 8.28. The highest BCUT2D eigenvalue weighted by molar-refractivity contribution is 4.95. The molecule has 1 aliphatic heterocycles. The van der Waals surface area contributed by atoms with Crippen LogP contribution >= 0.6 is 0 Å². The van der Waals surface area contributed by atoms with Crippen molar-refractivity contribution in [1.82, 2.24) is 19.7 Å². The van der Waals surface area contributed by atoms with E-state index in [1.165, 1.54) is 6.39 Å². The fraction of sp³-hybridized carbons (Fsp3) is 0.400. The fourth-order valence-electron chi connectivity index (χ4n) is 1.88. The van der Waals surface area contributed by atoms with E-state index in [4.69, 9.17) is 4.42 Å². The fourth-order valence-corrected chi connectivity index (χ4v) is 1.88. The molecule has 1 aliphatic rings. The first-order chi connectivity index (χ1) is 7.42. The van der Waals surface area contributed by atoms with Gasteiger partial charge in [0.1, 0.15) is 6.26 Å². The Hall–Kier alpha value is -1.62. The van der Waals surface area contributed by atoms with Gasteiger partial charge >= 0.3 is 0 Å². The van der Waals surface area contributed by atoms with Crippen molar-refractivity contribution >= 4 is 0 Å². The van der Waals surface area contributed by atoms with E-state index in [2.05, 4.69) is 15.0 Å². The van der Waals surface area contributed by atoms with Crippen molar-refractivity contribution in [1.29, 1.82) is 0 Å². The third kappa shape index (κ3) is 1.66. The molecule has 3 rings (SSSR count). The monoisotopic (exact) mass is 204 g/mol. The molecule has 0 bridgehead atoms. The van der Waals surface area contributed by atoms with Gasteiger partial charge in [-0.2, -0.15) is 5.10 Å². The molecule has 0 atom stereocenters. The van der Waals surface area contributed by atoms with E-state index < -0.39 is 0 Å². The Morgan fingerprint density at radius 2 is 2.40 bits per heavy atom. The predicted molar refractivity (Wildman–Crippen MR) is 53.0 cm³/mol. The van der Waals surface area contributed by atoms with Gasteiger partial charge in [-0.15, -0.1) is 0 Å². The Morgan fingerprint density at radius 3 is 3.07 bits per heavy atom. The van der Waals surface area contributed by atoms with E-state index in [1.807, 2.05) is 23.1 Å². The SMILES string of the molecule is c1cnn(C2CN(Cc3cocn3)C2)c1. The molecule has 0 radical (unpaired) electrons. The van der Waals surface area contributed by atoms with Gasteiger partial charge in [-0.25, -0.2) is 4.98 Å². The van der Waals surface area contributed by atoms with Crippen LogP contribution in [0.5, 0.6) is 0 Å². The van der Waals surface area contributed by atoms with Gasteiger partial charge in [0.15, 0.2) is 6.39 Å². The van der Waals surface area contributed by atoms with Gasteiger partial charge in [0, 0.05) is 32.0 Å². The van der Waals surface area contributed by atoms with Crippen LogP contribution in [0.1, 0.15) is 11.7 Å². The Morgan fingerprint density at radius 1 is 1.47 bits per heavy atom. The molecular formula is C10H12N4O. The van der Waals surface area contributed by atoms with Crippen LogP contribution in [0.4, 0.5) is 0 Å². The van der Waals surface area contributed by atoms with Crippen LogP contribution in [0, 0.1) is 0 Å². The average molecular weight is 204 g/mol. The highest BCUT2D eigenvalue weighted by Gasteiger charge is 2.28. The smallest absolute Gasteiger partial charge is 0.180 e. The molecule has 15 heavy (non-hydrogen) atoms. The predicted octanol–water partition coefficient (Wildman–Crippen LogP) is 0.928. The molecule has 5 heteroatoms. The highest BCUT2D eigenvalue weighted by atomic mass is 16.3. The van der Waals surface area contributed by atoms with Crippen molar-refractivity contribution in [3.63, 3.8) is 0 Å². The summed E-state index contributed by atoms with van der Waals surface area (Å²) in [6.45, 7) is 2.94. The molecule has 2 aromatic heterocycles. The van der Waals surface area contributed by atoms with E-state index in [-0.39, 0.29) is 0 Å². The van der Waals surface area contributed by atoms with Gasteiger partial charge in [-0.3, -0.25) is 9.58 Å². The molecule has 1 fully saturated rings. The first kappa shape index (κ1) is 8.67. The summed E-state index contributed by atoms with van der Waals surface area (Å²) in [6, 6.07) is 2.48. The maximum atomic E-state index is 4.93. The molecule has 78 valence electrons. The highest BCUT2D eigenvalue weighted by Crippen LogP contribution is 2.21. The average Bonchev–Trinajstić information content (AvgIpc) is 2.83. The number of oxazole rings is 1. The minimum absolute atomic E-state index is 0.520. The summed E-state index contributed by atoms with van der Waals surface area (Å²) >= 11 is 0. The molecular weight excluding hydrogens is 192 g/mol. The second kappa shape index (κ2) is 3.51. The van der Waals surface area contributed by atoms with Crippen LogP contribution in [-0.4, -0.2) is 32.8 Å². The normalized spacial score (nSPS) is 17.9. The second-order valence-corrected chi connectivity index (χ2v) is 3.81. The second-order valence-electron chi connectivity index (χ2n) is 3.81. The van der Waals surface area contributed by atoms with Gasteiger partial charge < -0.3 is 4.42 Å². The van der Waals surface area contributed by atoms with Crippen molar-refractivity contribution in [2.75, 3.05) is 13.1 Å². The topological polar surface area (TPSA) is 47.1 Å². The number of likely N-dealkylation sites (tertiary alicyclic amines) is 1. The molecule has 0 unspecified atom stereocenters. The van der Waals surface area contributed by atoms with E-state index >= 15 is 0 Å². The van der Waals surface area contributed by atoms with Gasteiger partial charge in [0.05, 0.1) is 11.7 Å². The standard InChI is InChI=1S/C10H12N4O/c1-2-12-14(3-1)10-5-13(6-10)4-9-7-15-8-11-9/h1-3,7-8,10H,4-6H2. The molecule has 0 aliphatic carbocycles. The Balaban J connectivity index is 1.54. The largest absolute Gasteiger partial charge is 0.451 e. The lowest BCUT2D eigenvalue weighted by molar-refractivity contribution is 0.0895. The van der Waals surface area contributed by atoms with Crippen LogP contribution in [-0.2, 0) is 6.54 Å². The van der Waals surface area contributed by atoms with E-state index in [9.17, 15) is 0 Å². The zero-order valence-corrected chi connectivity index (χ0v) is 8.28. The summed E-state index contributed by atoms with van der Waals surface area (Å²) in [5, 5.41) is 4.23. The number of hydrogen-bond donors (Lipinski definition) is 0. The Bertz CT molecular complexity index is 403. The summed E-state index contributed by atoms with van der Waals surface area (Å²) in [6.07, 6.45) is 7.00. The Labute approximate surface area is 87.3 Å². The lowest BCUT2D eigenvalue weighted by Crippen LogP contribution is -2.47. The first-order valence-electron chi connectivity index (χ1n) is 5.00. The summed E-state index contributed by atoms with van der Waals surface area (Å²) in [5.41, 5.74) is 0.994. The molecule has 5 nitrogen and oxygen atoms in total. The molecule has 0 spiro atoms. The number of aromatic nitrogens is 3. The minimum atomic E-state index is 0.520. The zero-order chi connectivity index (χ0) is 10.1. The van der Waals surface area contributed by atoms with Crippen LogP contribution in [0.25, 0.3) is 0 Å². The number of rotatable bonds is 3. The summed E-state index contributed by atoms with van der Waals surface area (Å²) in [7, 11) is 0. The molecule has 2 aromatic rings. The van der Waals surface area contributed by atoms with Crippen molar-refractivity contribution in [2.24, 2.45) is 0 Å². The van der Waals surface area contributed by atoms with Crippen molar-refractivity contribution in [3.05, 3.63) is 36.8 Å². The first-order valence-corrected chi connectivity index (χ1v) is 5.00. The molecule has 0 amide bonds. The lowest BCUT2D eigenvalue weighted by Gasteiger charge is -2.38. The quantitative estimate of drug-likeness (QED) is 0.746. The van der Waals surface area contributed by atoms with Crippen molar-refractivity contribution in [3.8, 4) is 0 Å². The number of hydrogen-bond acceptors (Lipinski definition) is 4. The minimum Gasteiger partial charge on any atom is -0.451 e. The van der Waals surface area contributed by atoms with E-state index in [1.54, 1.807) is 6.26 Å². The molecule has 0 saturated carbocycles. The van der Waals surface area contributed by atoms with Gasteiger partial charge in [0.25, 0.3) is 0 Å². The van der Waals surface area contributed by atoms with E-state index in [0.717, 1.165) is 25.3 Å². The van der Waals surface area contributed by atoms with Crippen LogP contribution in [0.3, 0.4) is 0 Å². The maximum Gasteiger partial charge on any atom is 0.180 e. The number of nitrogens with zero attached hydrogens (tertiary/aromatic N) is 4. The van der Waals surface area contributed by atoms with Crippen LogP contribution < -0.4 is 0 Å². The molecule has 3 heterocycles. The summed E-state index contributed by atoms with van der Waals surface area (Å²) < 4.78 is 6.94. The van der Waals surface area contributed by atoms with Crippen molar-refractivity contribution in [2.45, 2.75) is 12.6 Å². The van der Waals surface area contributed by atoms with Gasteiger partial charge in [-0.1, -0.05) is 0 Å². The summed E-state index contributed by atoms with van der Waals surface area (Å²) in [5.74, 6) is 0.